The first-order valence-corrected chi connectivity index (χ1v) is 7.84. The molecule has 0 heterocycles. The number of hydrogen-bond acceptors (Lipinski definition) is 3. The summed E-state index contributed by atoms with van der Waals surface area (Å²) in [5.41, 5.74) is 2.01. The molecule has 2 N–H and O–H groups in total. The number of amides is 2. The number of aryl methyl sites for hydroxylation is 1. The molecule has 0 aliphatic heterocycles. The van der Waals surface area contributed by atoms with Gasteiger partial charge in [0.15, 0.2) is 0 Å². The molecule has 1 aromatic carbocycles. The molecule has 0 saturated heterocycles. The molecule has 1 rings (SSSR count). The summed E-state index contributed by atoms with van der Waals surface area (Å²) in [5.74, 6) is -0.175. The van der Waals surface area contributed by atoms with Crippen molar-refractivity contribution >= 4 is 17.5 Å². The summed E-state index contributed by atoms with van der Waals surface area (Å²) >= 11 is 0. The number of rotatable bonds is 8. The first kappa shape index (κ1) is 18.2. The topological polar surface area (TPSA) is 61.4 Å². The monoisotopic (exact) mass is 305 g/mol. The molecule has 0 aromatic heterocycles. The van der Waals surface area contributed by atoms with Gasteiger partial charge in [-0.1, -0.05) is 26.0 Å². The predicted octanol–water partition coefficient (Wildman–Crippen LogP) is 2.03. The van der Waals surface area contributed by atoms with Gasteiger partial charge in [-0.05, 0) is 44.5 Å². The number of benzene rings is 1. The zero-order chi connectivity index (χ0) is 16.5. The number of carbonyl (C=O) groups excluding carboxylic acids is 2. The summed E-state index contributed by atoms with van der Waals surface area (Å²) in [4.78, 5) is 25.6. The van der Waals surface area contributed by atoms with Crippen LogP contribution in [0, 0.1) is 0 Å². The SMILES string of the molecule is CCCNC(=O)CN(C)[C@@H](C)C(=O)Nc1ccc(CC)cc1. The van der Waals surface area contributed by atoms with Gasteiger partial charge >= 0.3 is 0 Å². The number of nitrogens with one attached hydrogen (secondary N) is 2. The van der Waals surface area contributed by atoms with E-state index in [2.05, 4.69) is 17.6 Å². The maximum Gasteiger partial charge on any atom is 0.241 e. The highest BCUT2D eigenvalue weighted by molar-refractivity contribution is 5.94. The molecule has 5 heteroatoms. The Morgan fingerprint density at radius 2 is 1.82 bits per heavy atom. The summed E-state index contributed by atoms with van der Waals surface area (Å²) in [6.07, 6.45) is 1.87. The molecule has 1 aromatic rings. The largest absolute Gasteiger partial charge is 0.355 e. The van der Waals surface area contributed by atoms with Crippen molar-refractivity contribution in [3.8, 4) is 0 Å². The lowest BCUT2D eigenvalue weighted by Gasteiger charge is -2.23. The molecule has 0 radical (unpaired) electrons. The molecule has 0 saturated carbocycles. The average molecular weight is 305 g/mol. The van der Waals surface area contributed by atoms with Gasteiger partial charge in [0, 0.05) is 12.2 Å². The van der Waals surface area contributed by atoms with Crippen LogP contribution in [0.5, 0.6) is 0 Å². The molecule has 5 nitrogen and oxygen atoms in total. The normalized spacial score (nSPS) is 12.0. The fraction of sp³-hybridized carbons (Fsp3) is 0.529. The van der Waals surface area contributed by atoms with E-state index in [4.69, 9.17) is 0 Å². The number of likely N-dealkylation sites (N-methyl/N-ethyl adjacent to an activating group) is 1. The molecular weight excluding hydrogens is 278 g/mol. The minimum absolute atomic E-state index is 0.0590. The minimum atomic E-state index is -0.377. The van der Waals surface area contributed by atoms with Crippen LogP contribution in [0.2, 0.25) is 0 Å². The lowest BCUT2D eigenvalue weighted by Crippen LogP contribution is -2.44. The van der Waals surface area contributed by atoms with Crippen molar-refractivity contribution in [3.05, 3.63) is 29.8 Å². The predicted molar refractivity (Wildman–Crippen MR) is 89.8 cm³/mol. The fourth-order valence-electron chi connectivity index (χ4n) is 1.95. The van der Waals surface area contributed by atoms with Crippen LogP contribution in [0.4, 0.5) is 5.69 Å². The smallest absolute Gasteiger partial charge is 0.241 e. The Hall–Kier alpha value is -1.88. The Morgan fingerprint density at radius 3 is 2.36 bits per heavy atom. The van der Waals surface area contributed by atoms with Crippen LogP contribution in [0.3, 0.4) is 0 Å². The lowest BCUT2D eigenvalue weighted by atomic mass is 10.1. The highest BCUT2D eigenvalue weighted by Crippen LogP contribution is 2.11. The first-order valence-electron chi connectivity index (χ1n) is 7.84. The van der Waals surface area contributed by atoms with Crippen LogP contribution in [-0.4, -0.2) is 42.9 Å². The molecule has 0 fully saturated rings. The van der Waals surface area contributed by atoms with Gasteiger partial charge in [-0.15, -0.1) is 0 Å². The second-order valence-electron chi connectivity index (χ2n) is 5.48. The maximum absolute atomic E-state index is 12.2. The Kier molecular flexibility index (Phi) is 7.60. The van der Waals surface area contributed by atoms with Crippen molar-refractivity contribution in [2.24, 2.45) is 0 Å². The van der Waals surface area contributed by atoms with Gasteiger partial charge in [-0.2, -0.15) is 0 Å². The van der Waals surface area contributed by atoms with Crippen LogP contribution in [0.15, 0.2) is 24.3 Å². The third kappa shape index (κ3) is 5.85. The Labute approximate surface area is 133 Å². The van der Waals surface area contributed by atoms with E-state index in [1.165, 1.54) is 5.56 Å². The fourth-order valence-corrected chi connectivity index (χ4v) is 1.95. The van der Waals surface area contributed by atoms with Crippen LogP contribution in [-0.2, 0) is 16.0 Å². The van der Waals surface area contributed by atoms with E-state index in [-0.39, 0.29) is 24.4 Å². The van der Waals surface area contributed by atoms with Crippen molar-refractivity contribution in [1.29, 1.82) is 0 Å². The van der Waals surface area contributed by atoms with Crippen LogP contribution in [0.1, 0.15) is 32.8 Å². The highest BCUT2D eigenvalue weighted by atomic mass is 16.2. The Bertz CT molecular complexity index is 485. The van der Waals surface area contributed by atoms with Crippen LogP contribution >= 0.6 is 0 Å². The van der Waals surface area contributed by atoms with E-state index < -0.39 is 0 Å². The quantitative estimate of drug-likeness (QED) is 0.772. The Balaban J connectivity index is 2.50. The third-order valence-electron chi connectivity index (χ3n) is 3.64. The summed E-state index contributed by atoms with van der Waals surface area (Å²) < 4.78 is 0. The van der Waals surface area contributed by atoms with Gasteiger partial charge in [0.25, 0.3) is 0 Å². The van der Waals surface area contributed by atoms with E-state index in [1.807, 2.05) is 31.2 Å². The summed E-state index contributed by atoms with van der Waals surface area (Å²) in [7, 11) is 1.77. The van der Waals surface area contributed by atoms with Crippen molar-refractivity contribution < 1.29 is 9.59 Å². The summed E-state index contributed by atoms with van der Waals surface area (Å²) in [6, 6.07) is 7.43. The van der Waals surface area contributed by atoms with Gasteiger partial charge in [-0.3, -0.25) is 14.5 Å². The zero-order valence-electron chi connectivity index (χ0n) is 14.0. The van der Waals surface area contributed by atoms with E-state index >= 15 is 0 Å². The van der Waals surface area contributed by atoms with Gasteiger partial charge in [-0.25, -0.2) is 0 Å². The van der Waals surface area contributed by atoms with E-state index in [9.17, 15) is 9.59 Å². The molecule has 122 valence electrons. The first-order chi connectivity index (χ1) is 10.5. The molecule has 0 aliphatic rings. The van der Waals surface area contributed by atoms with Crippen molar-refractivity contribution in [3.63, 3.8) is 0 Å². The molecule has 1 atom stereocenters. The highest BCUT2D eigenvalue weighted by Gasteiger charge is 2.20. The standard InChI is InChI=1S/C17H27N3O2/c1-5-11-18-16(21)12-20(4)13(3)17(22)19-15-9-7-14(6-2)8-10-15/h7-10,13H,5-6,11-12H2,1-4H3,(H,18,21)(H,19,22)/t13-/m0/s1. The third-order valence-corrected chi connectivity index (χ3v) is 3.64. The van der Waals surface area contributed by atoms with E-state index in [1.54, 1.807) is 18.9 Å². The van der Waals surface area contributed by atoms with Crippen molar-refractivity contribution in [2.45, 2.75) is 39.7 Å². The van der Waals surface area contributed by atoms with Gasteiger partial charge < -0.3 is 10.6 Å². The Morgan fingerprint density at radius 1 is 1.18 bits per heavy atom. The molecule has 2 amide bonds. The molecule has 0 aliphatic carbocycles. The molecule has 0 unspecified atom stereocenters. The van der Waals surface area contributed by atoms with Crippen molar-refractivity contribution in [1.82, 2.24) is 10.2 Å². The number of hydrogen-bond donors (Lipinski definition) is 2. The van der Waals surface area contributed by atoms with Gasteiger partial charge in [0.05, 0.1) is 12.6 Å². The van der Waals surface area contributed by atoms with E-state index in [0.29, 0.717) is 6.54 Å². The number of carbonyl (C=O) groups is 2. The van der Waals surface area contributed by atoms with E-state index in [0.717, 1.165) is 18.5 Å². The average Bonchev–Trinajstić information content (AvgIpc) is 2.52. The van der Waals surface area contributed by atoms with Gasteiger partial charge in [0.2, 0.25) is 11.8 Å². The second kappa shape index (κ2) is 9.20. The minimum Gasteiger partial charge on any atom is -0.355 e. The second-order valence-corrected chi connectivity index (χ2v) is 5.48. The maximum atomic E-state index is 12.2. The van der Waals surface area contributed by atoms with Gasteiger partial charge in [0.1, 0.15) is 0 Å². The molecular formula is C17H27N3O2. The molecule has 0 spiro atoms. The van der Waals surface area contributed by atoms with Crippen LogP contribution < -0.4 is 10.6 Å². The summed E-state index contributed by atoms with van der Waals surface area (Å²) in [6.45, 7) is 6.77. The van der Waals surface area contributed by atoms with Crippen molar-refractivity contribution in [2.75, 3.05) is 25.5 Å². The number of nitrogens with zero attached hydrogens (tertiary/aromatic N) is 1. The lowest BCUT2D eigenvalue weighted by molar-refractivity contribution is -0.124. The van der Waals surface area contributed by atoms with Crippen LogP contribution in [0.25, 0.3) is 0 Å². The number of anilines is 1. The summed E-state index contributed by atoms with van der Waals surface area (Å²) in [5, 5.41) is 5.69. The molecule has 0 bridgehead atoms. The molecule has 22 heavy (non-hydrogen) atoms. The zero-order valence-corrected chi connectivity index (χ0v) is 14.0.